The fraction of sp³-hybridized carbons (Fsp3) is 0.357. The van der Waals surface area contributed by atoms with Crippen LogP contribution in [0.1, 0.15) is 5.82 Å². The lowest BCUT2D eigenvalue weighted by atomic mass is 10.1. The summed E-state index contributed by atoms with van der Waals surface area (Å²) >= 11 is 0. The lowest BCUT2D eigenvalue weighted by Gasteiger charge is -2.13. The van der Waals surface area contributed by atoms with Crippen molar-refractivity contribution in [2.45, 2.75) is 13.1 Å². The average molecular weight is 259 g/mol. The number of imidazole rings is 1. The third-order valence-electron chi connectivity index (χ3n) is 3.36. The van der Waals surface area contributed by atoms with Crippen molar-refractivity contribution in [3.63, 3.8) is 0 Å². The Balaban J connectivity index is 2.03. The molecule has 0 aliphatic carbocycles. The number of nitrogens with one attached hydrogen (secondary N) is 1. The zero-order valence-electron chi connectivity index (χ0n) is 11.1. The molecule has 0 saturated carbocycles. The fourth-order valence-corrected chi connectivity index (χ4v) is 2.33. The summed E-state index contributed by atoms with van der Waals surface area (Å²) in [6.07, 6.45) is 2.08. The second-order valence-corrected chi connectivity index (χ2v) is 4.48. The molecule has 1 aliphatic heterocycles. The quantitative estimate of drug-likeness (QED) is 0.911. The predicted octanol–water partition coefficient (Wildman–Crippen LogP) is 1.67. The first kappa shape index (κ1) is 12.0. The molecule has 1 N–H and O–H groups in total. The summed E-state index contributed by atoms with van der Waals surface area (Å²) in [4.78, 5) is 4.66. The van der Waals surface area contributed by atoms with E-state index in [9.17, 15) is 0 Å². The number of methoxy groups -OCH3 is 2. The Morgan fingerprint density at radius 3 is 2.89 bits per heavy atom. The molecule has 2 aromatic rings. The van der Waals surface area contributed by atoms with Crippen molar-refractivity contribution in [2.24, 2.45) is 0 Å². The number of hydrogen-bond donors (Lipinski definition) is 1. The molecule has 5 nitrogen and oxygen atoms in total. The highest BCUT2D eigenvalue weighted by Crippen LogP contribution is 2.32. The number of nitrogens with zero attached hydrogens (tertiary/aromatic N) is 2. The Kier molecular flexibility index (Phi) is 3.13. The van der Waals surface area contributed by atoms with Gasteiger partial charge in [0.2, 0.25) is 0 Å². The van der Waals surface area contributed by atoms with Crippen LogP contribution in [0, 0.1) is 0 Å². The Morgan fingerprint density at radius 2 is 2.16 bits per heavy atom. The third-order valence-corrected chi connectivity index (χ3v) is 3.36. The molecule has 0 amide bonds. The summed E-state index contributed by atoms with van der Waals surface area (Å²) in [5, 5.41) is 3.32. The first-order chi connectivity index (χ1) is 9.31. The number of aromatic nitrogens is 2. The maximum Gasteiger partial charge on any atom is 0.132 e. The molecule has 0 unspecified atom stereocenters. The second-order valence-electron chi connectivity index (χ2n) is 4.48. The van der Waals surface area contributed by atoms with Gasteiger partial charge in [0.15, 0.2) is 0 Å². The van der Waals surface area contributed by atoms with Gasteiger partial charge in [0, 0.05) is 30.9 Å². The van der Waals surface area contributed by atoms with E-state index in [-0.39, 0.29) is 0 Å². The van der Waals surface area contributed by atoms with Gasteiger partial charge < -0.3 is 19.4 Å². The average Bonchev–Trinajstić information content (AvgIpc) is 2.90. The second kappa shape index (κ2) is 4.93. The van der Waals surface area contributed by atoms with Crippen LogP contribution in [0.3, 0.4) is 0 Å². The van der Waals surface area contributed by atoms with Crippen LogP contribution >= 0.6 is 0 Å². The number of fused-ring (bicyclic) bond motifs is 1. The molecule has 0 fully saturated rings. The zero-order chi connectivity index (χ0) is 13.2. The minimum Gasteiger partial charge on any atom is -0.497 e. The Bertz CT molecular complexity index is 569. The van der Waals surface area contributed by atoms with Gasteiger partial charge in [0.25, 0.3) is 0 Å². The molecule has 2 heterocycles. The maximum atomic E-state index is 5.43. The first-order valence-corrected chi connectivity index (χ1v) is 6.31. The monoisotopic (exact) mass is 259 g/mol. The van der Waals surface area contributed by atoms with Gasteiger partial charge >= 0.3 is 0 Å². The van der Waals surface area contributed by atoms with Gasteiger partial charge in [-0.05, 0) is 12.1 Å². The number of ether oxygens (including phenoxy) is 2. The van der Waals surface area contributed by atoms with E-state index >= 15 is 0 Å². The lowest BCUT2D eigenvalue weighted by molar-refractivity contribution is 0.395. The molecule has 1 aromatic carbocycles. The maximum absolute atomic E-state index is 5.43. The van der Waals surface area contributed by atoms with Crippen molar-refractivity contribution >= 4 is 0 Å². The molecule has 100 valence electrons. The van der Waals surface area contributed by atoms with Crippen molar-refractivity contribution in [3.05, 3.63) is 30.2 Å². The molecular weight excluding hydrogens is 242 g/mol. The van der Waals surface area contributed by atoms with Crippen LogP contribution in [0.15, 0.2) is 24.4 Å². The van der Waals surface area contributed by atoms with Crippen molar-refractivity contribution in [3.8, 4) is 22.8 Å². The van der Waals surface area contributed by atoms with Crippen LogP contribution in [0.25, 0.3) is 11.3 Å². The summed E-state index contributed by atoms with van der Waals surface area (Å²) in [6, 6.07) is 5.79. The van der Waals surface area contributed by atoms with E-state index in [0.717, 1.165) is 48.2 Å². The van der Waals surface area contributed by atoms with Crippen LogP contribution in [0.2, 0.25) is 0 Å². The van der Waals surface area contributed by atoms with E-state index < -0.39 is 0 Å². The van der Waals surface area contributed by atoms with Crippen molar-refractivity contribution in [1.29, 1.82) is 0 Å². The minimum atomic E-state index is 0.780. The van der Waals surface area contributed by atoms with Gasteiger partial charge in [0.05, 0.1) is 26.5 Å². The van der Waals surface area contributed by atoms with Gasteiger partial charge in [-0.1, -0.05) is 0 Å². The van der Waals surface area contributed by atoms with E-state index in [4.69, 9.17) is 9.47 Å². The minimum absolute atomic E-state index is 0.780. The van der Waals surface area contributed by atoms with Crippen molar-refractivity contribution in [1.82, 2.24) is 14.9 Å². The molecular formula is C14H17N3O2. The topological polar surface area (TPSA) is 48.3 Å². The summed E-state index contributed by atoms with van der Waals surface area (Å²) in [5.74, 6) is 2.63. The highest BCUT2D eigenvalue weighted by Gasteiger charge is 2.15. The summed E-state index contributed by atoms with van der Waals surface area (Å²) < 4.78 is 12.8. The number of rotatable bonds is 3. The molecule has 1 aliphatic rings. The van der Waals surface area contributed by atoms with Crippen LogP contribution < -0.4 is 14.8 Å². The van der Waals surface area contributed by atoms with Crippen molar-refractivity contribution in [2.75, 3.05) is 20.8 Å². The van der Waals surface area contributed by atoms with E-state index in [2.05, 4.69) is 21.1 Å². The smallest absolute Gasteiger partial charge is 0.132 e. The molecule has 0 radical (unpaired) electrons. The van der Waals surface area contributed by atoms with E-state index in [1.54, 1.807) is 14.2 Å². The normalized spacial score (nSPS) is 14.0. The standard InChI is InChI=1S/C14H17N3O2/c1-18-10-3-4-11(13(7-10)19-2)12-9-17-6-5-15-8-14(17)16-12/h3-4,7,9,15H,5-6,8H2,1-2H3. The Labute approximate surface area is 112 Å². The number of benzene rings is 1. The molecule has 0 saturated heterocycles. The van der Waals surface area contributed by atoms with Gasteiger partial charge in [-0.3, -0.25) is 0 Å². The first-order valence-electron chi connectivity index (χ1n) is 6.31. The van der Waals surface area contributed by atoms with E-state index in [0.29, 0.717) is 0 Å². The van der Waals surface area contributed by atoms with Gasteiger partial charge in [-0.2, -0.15) is 0 Å². The van der Waals surface area contributed by atoms with Gasteiger partial charge in [-0.15, -0.1) is 0 Å². The van der Waals surface area contributed by atoms with Crippen LogP contribution in [0.4, 0.5) is 0 Å². The third kappa shape index (κ3) is 2.17. The van der Waals surface area contributed by atoms with Gasteiger partial charge in [-0.25, -0.2) is 4.98 Å². The molecule has 0 bridgehead atoms. The molecule has 0 atom stereocenters. The summed E-state index contributed by atoms with van der Waals surface area (Å²) in [5.41, 5.74) is 1.93. The molecule has 0 spiro atoms. The van der Waals surface area contributed by atoms with Crippen LogP contribution in [-0.2, 0) is 13.1 Å². The molecule has 19 heavy (non-hydrogen) atoms. The van der Waals surface area contributed by atoms with Crippen LogP contribution in [0.5, 0.6) is 11.5 Å². The fourth-order valence-electron chi connectivity index (χ4n) is 2.33. The van der Waals surface area contributed by atoms with Crippen molar-refractivity contribution < 1.29 is 9.47 Å². The zero-order valence-corrected chi connectivity index (χ0v) is 11.1. The highest BCUT2D eigenvalue weighted by atomic mass is 16.5. The van der Waals surface area contributed by atoms with Crippen LogP contribution in [-0.4, -0.2) is 30.3 Å². The largest absolute Gasteiger partial charge is 0.497 e. The SMILES string of the molecule is COc1ccc(-c2cn3c(n2)CNCC3)c(OC)c1. The Morgan fingerprint density at radius 1 is 1.26 bits per heavy atom. The highest BCUT2D eigenvalue weighted by molar-refractivity contribution is 5.68. The lowest BCUT2D eigenvalue weighted by Crippen LogP contribution is -2.27. The molecule has 3 rings (SSSR count). The Hall–Kier alpha value is -2.01. The van der Waals surface area contributed by atoms with E-state index in [1.807, 2.05) is 18.2 Å². The van der Waals surface area contributed by atoms with Gasteiger partial charge in [0.1, 0.15) is 17.3 Å². The number of hydrogen-bond acceptors (Lipinski definition) is 4. The molecule has 1 aromatic heterocycles. The summed E-state index contributed by atoms with van der Waals surface area (Å²) in [7, 11) is 3.31. The predicted molar refractivity (Wildman–Crippen MR) is 72.5 cm³/mol. The molecule has 5 heteroatoms. The summed E-state index contributed by atoms with van der Waals surface area (Å²) in [6.45, 7) is 2.77. The van der Waals surface area contributed by atoms with E-state index in [1.165, 1.54) is 0 Å².